The summed E-state index contributed by atoms with van der Waals surface area (Å²) in [5.74, 6) is -0.977. The lowest BCUT2D eigenvalue weighted by atomic mass is 9.98. The van der Waals surface area contributed by atoms with Crippen molar-refractivity contribution in [3.8, 4) is 0 Å². The number of ketones is 1. The van der Waals surface area contributed by atoms with Crippen molar-refractivity contribution in [3.05, 3.63) is 47.2 Å². The zero-order chi connectivity index (χ0) is 15.1. The summed E-state index contributed by atoms with van der Waals surface area (Å²) >= 11 is 0. The maximum absolute atomic E-state index is 12.2. The van der Waals surface area contributed by atoms with Crippen LogP contribution < -0.4 is 11.1 Å². The van der Waals surface area contributed by atoms with Crippen LogP contribution in [0.3, 0.4) is 0 Å². The van der Waals surface area contributed by atoms with Crippen LogP contribution in [-0.4, -0.2) is 23.8 Å². The predicted octanol–water partition coefficient (Wildman–Crippen LogP) is 1.05. The van der Waals surface area contributed by atoms with Gasteiger partial charge in [0.2, 0.25) is 0 Å². The Kier molecular flexibility index (Phi) is 5.93. The average molecular weight is 276 g/mol. The molecule has 20 heavy (non-hydrogen) atoms. The molecule has 5 nitrogen and oxygen atoms in total. The minimum atomic E-state index is -0.951. The van der Waals surface area contributed by atoms with Crippen molar-refractivity contribution >= 4 is 11.7 Å². The maximum atomic E-state index is 12.2. The van der Waals surface area contributed by atoms with Crippen LogP contribution in [0.4, 0.5) is 0 Å². The van der Waals surface area contributed by atoms with E-state index in [9.17, 15) is 14.7 Å². The lowest BCUT2D eigenvalue weighted by Gasteiger charge is -2.13. The van der Waals surface area contributed by atoms with Crippen molar-refractivity contribution in [3.63, 3.8) is 0 Å². The molecule has 1 atom stereocenters. The molecule has 1 aromatic carbocycles. The molecule has 0 radical (unpaired) electrons. The SMILES string of the molecule is CCC(N)=C(C(=O)CC(O)c1ccccc1)C(=O)NC. The number of nitrogens with one attached hydrogen (secondary N) is 1. The molecule has 0 bridgehead atoms. The number of aliphatic hydroxyl groups excluding tert-OH is 1. The Balaban J connectivity index is 2.90. The molecule has 1 rings (SSSR count). The number of carbonyl (C=O) groups is 2. The minimum Gasteiger partial charge on any atom is -0.401 e. The summed E-state index contributed by atoms with van der Waals surface area (Å²) in [7, 11) is 1.44. The van der Waals surface area contributed by atoms with Gasteiger partial charge in [-0.15, -0.1) is 0 Å². The minimum absolute atomic E-state index is 0.0648. The fraction of sp³-hybridized carbons (Fsp3) is 0.333. The molecule has 108 valence electrons. The van der Waals surface area contributed by atoms with Gasteiger partial charge in [0.05, 0.1) is 6.10 Å². The average Bonchev–Trinajstić information content (AvgIpc) is 2.47. The van der Waals surface area contributed by atoms with E-state index in [0.29, 0.717) is 12.0 Å². The fourth-order valence-corrected chi connectivity index (χ4v) is 1.82. The maximum Gasteiger partial charge on any atom is 0.256 e. The Morgan fingerprint density at radius 1 is 1.30 bits per heavy atom. The highest BCUT2D eigenvalue weighted by atomic mass is 16.3. The molecule has 1 unspecified atom stereocenters. The second kappa shape index (κ2) is 7.45. The Labute approximate surface area is 118 Å². The van der Waals surface area contributed by atoms with Crippen LogP contribution in [0.15, 0.2) is 41.6 Å². The first-order valence-corrected chi connectivity index (χ1v) is 6.48. The number of carbonyl (C=O) groups excluding carboxylic acids is 2. The van der Waals surface area contributed by atoms with Crippen molar-refractivity contribution in [1.82, 2.24) is 5.32 Å². The van der Waals surface area contributed by atoms with Gasteiger partial charge >= 0.3 is 0 Å². The number of aliphatic hydroxyl groups is 1. The summed E-state index contributed by atoms with van der Waals surface area (Å²) in [4.78, 5) is 23.9. The molecule has 1 amide bonds. The Morgan fingerprint density at radius 3 is 2.40 bits per heavy atom. The lowest BCUT2D eigenvalue weighted by molar-refractivity contribution is -0.123. The Morgan fingerprint density at radius 2 is 1.90 bits per heavy atom. The first kappa shape index (κ1) is 15.9. The van der Waals surface area contributed by atoms with Gasteiger partial charge in [-0.3, -0.25) is 9.59 Å². The van der Waals surface area contributed by atoms with Crippen molar-refractivity contribution < 1.29 is 14.7 Å². The quantitative estimate of drug-likeness (QED) is 0.411. The molecule has 1 aromatic rings. The van der Waals surface area contributed by atoms with Crippen LogP contribution in [0.25, 0.3) is 0 Å². The second-order valence-corrected chi connectivity index (χ2v) is 4.39. The van der Waals surface area contributed by atoms with Crippen molar-refractivity contribution in [2.45, 2.75) is 25.9 Å². The van der Waals surface area contributed by atoms with Crippen LogP contribution in [0.5, 0.6) is 0 Å². The molecule has 0 aliphatic heterocycles. The topological polar surface area (TPSA) is 92.4 Å². The van der Waals surface area contributed by atoms with E-state index < -0.39 is 17.8 Å². The summed E-state index contributed by atoms with van der Waals surface area (Å²) in [6.45, 7) is 1.76. The lowest BCUT2D eigenvalue weighted by Crippen LogP contribution is -2.28. The Hall–Kier alpha value is -2.14. The monoisotopic (exact) mass is 276 g/mol. The molecule has 0 spiro atoms. The van der Waals surface area contributed by atoms with Crippen LogP contribution in [0, 0.1) is 0 Å². The van der Waals surface area contributed by atoms with E-state index in [-0.39, 0.29) is 17.7 Å². The number of allylic oxidation sites excluding steroid dienone is 1. The molecular weight excluding hydrogens is 256 g/mol. The third-order valence-electron chi connectivity index (χ3n) is 3.00. The number of nitrogens with two attached hydrogens (primary N) is 1. The van der Waals surface area contributed by atoms with Gasteiger partial charge in [0, 0.05) is 19.2 Å². The van der Waals surface area contributed by atoms with E-state index in [0.717, 1.165) is 0 Å². The molecule has 0 heterocycles. The van der Waals surface area contributed by atoms with Gasteiger partial charge in [-0.2, -0.15) is 0 Å². The summed E-state index contributed by atoms with van der Waals surface area (Å²) in [5, 5.41) is 12.4. The molecular formula is C15H20N2O3. The zero-order valence-corrected chi connectivity index (χ0v) is 11.7. The second-order valence-electron chi connectivity index (χ2n) is 4.39. The molecule has 5 heteroatoms. The number of likely N-dealkylation sites (N-methyl/N-ethyl adjacent to an activating group) is 1. The standard InChI is InChI=1S/C15H20N2O3/c1-3-11(16)14(15(20)17-2)13(19)9-12(18)10-7-5-4-6-8-10/h4-8,12,18H,3,9,16H2,1-2H3,(H,17,20). The molecule has 0 aromatic heterocycles. The molecule has 0 aliphatic carbocycles. The van der Waals surface area contributed by atoms with Crippen molar-refractivity contribution in [1.29, 1.82) is 0 Å². The fourth-order valence-electron chi connectivity index (χ4n) is 1.82. The van der Waals surface area contributed by atoms with Gasteiger partial charge < -0.3 is 16.2 Å². The summed E-state index contributed by atoms with van der Waals surface area (Å²) in [6, 6.07) is 8.83. The first-order valence-electron chi connectivity index (χ1n) is 6.48. The van der Waals surface area contributed by atoms with Gasteiger partial charge in [-0.25, -0.2) is 0 Å². The number of rotatable bonds is 6. The molecule has 0 saturated carbocycles. The van der Waals surface area contributed by atoms with E-state index in [1.807, 2.05) is 6.07 Å². The first-order chi connectivity index (χ1) is 9.51. The molecule has 4 N–H and O–H groups in total. The summed E-state index contributed by atoms with van der Waals surface area (Å²) < 4.78 is 0. The van der Waals surface area contributed by atoms with Crippen LogP contribution in [0.1, 0.15) is 31.4 Å². The normalized spacial score (nSPS) is 13.3. The number of Topliss-reactive ketones (excluding diaryl/α,β-unsaturated/α-hetero) is 1. The Bertz CT molecular complexity index is 509. The van der Waals surface area contributed by atoms with E-state index >= 15 is 0 Å². The van der Waals surface area contributed by atoms with E-state index in [2.05, 4.69) is 5.32 Å². The van der Waals surface area contributed by atoms with E-state index in [1.165, 1.54) is 7.05 Å². The highest BCUT2D eigenvalue weighted by Crippen LogP contribution is 2.19. The van der Waals surface area contributed by atoms with Crippen LogP contribution in [0.2, 0.25) is 0 Å². The van der Waals surface area contributed by atoms with Gasteiger partial charge in [0.1, 0.15) is 5.57 Å². The summed E-state index contributed by atoms with van der Waals surface area (Å²) in [6.07, 6.45) is -0.725. The van der Waals surface area contributed by atoms with Gasteiger partial charge in [0.15, 0.2) is 5.78 Å². The predicted molar refractivity (Wildman–Crippen MR) is 76.6 cm³/mol. The van der Waals surface area contributed by atoms with Gasteiger partial charge in [-0.1, -0.05) is 37.3 Å². The molecule has 0 fully saturated rings. The van der Waals surface area contributed by atoms with E-state index in [4.69, 9.17) is 5.73 Å². The number of hydrogen-bond donors (Lipinski definition) is 3. The van der Waals surface area contributed by atoms with E-state index in [1.54, 1.807) is 31.2 Å². The third kappa shape index (κ3) is 3.93. The van der Waals surface area contributed by atoms with Gasteiger partial charge in [0.25, 0.3) is 5.91 Å². The van der Waals surface area contributed by atoms with Crippen LogP contribution in [-0.2, 0) is 9.59 Å². The van der Waals surface area contributed by atoms with Crippen molar-refractivity contribution in [2.24, 2.45) is 5.73 Å². The third-order valence-corrected chi connectivity index (χ3v) is 3.00. The number of benzene rings is 1. The summed E-state index contributed by atoms with van der Waals surface area (Å²) in [5.41, 5.74) is 6.52. The van der Waals surface area contributed by atoms with Crippen molar-refractivity contribution in [2.75, 3.05) is 7.05 Å². The largest absolute Gasteiger partial charge is 0.401 e. The highest BCUT2D eigenvalue weighted by Gasteiger charge is 2.23. The number of hydrogen-bond acceptors (Lipinski definition) is 4. The molecule has 0 aliphatic rings. The smallest absolute Gasteiger partial charge is 0.256 e. The highest BCUT2D eigenvalue weighted by molar-refractivity contribution is 6.19. The zero-order valence-electron chi connectivity index (χ0n) is 11.7. The van der Waals surface area contributed by atoms with Gasteiger partial charge in [-0.05, 0) is 12.0 Å². The van der Waals surface area contributed by atoms with Crippen LogP contribution >= 0.6 is 0 Å². The number of amides is 1. The molecule has 0 saturated heterocycles.